The van der Waals surface area contributed by atoms with Gasteiger partial charge in [-0.25, -0.2) is 0 Å². The van der Waals surface area contributed by atoms with E-state index in [1.807, 2.05) is 6.92 Å². The maximum absolute atomic E-state index is 5.51. The van der Waals surface area contributed by atoms with Gasteiger partial charge in [0.05, 0.1) is 6.61 Å². The standard InChI is InChI=1S/C12H18O/c1-5-13-11-7-9-12(3,4)8-6-10(11)2/h6-9H,5H2,1-4H3. The summed E-state index contributed by atoms with van der Waals surface area (Å²) in [6.45, 7) is 9.18. The summed E-state index contributed by atoms with van der Waals surface area (Å²) in [5.41, 5.74) is 1.34. The average molecular weight is 178 g/mol. The van der Waals surface area contributed by atoms with Gasteiger partial charge < -0.3 is 4.74 Å². The topological polar surface area (TPSA) is 9.23 Å². The summed E-state index contributed by atoms with van der Waals surface area (Å²) in [5.74, 6) is 0.990. The highest BCUT2D eigenvalue weighted by atomic mass is 16.5. The molecule has 0 aliphatic heterocycles. The van der Waals surface area contributed by atoms with Crippen LogP contribution in [0.4, 0.5) is 0 Å². The molecule has 0 N–H and O–H groups in total. The van der Waals surface area contributed by atoms with Crippen LogP contribution in [0.15, 0.2) is 35.6 Å². The molecule has 72 valence electrons. The third kappa shape index (κ3) is 2.76. The Balaban J connectivity index is 2.91. The zero-order valence-corrected chi connectivity index (χ0v) is 8.92. The van der Waals surface area contributed by atoms with Gasteiger partial charge in [-0.2, -0.15) is 0 Å². The smallest absolute Gasteiger partial charge is 0.121 e. The molecule has 0 aromatic carbocycles. The van der Waals surface area contributed by atoms with Crippen LogP contribution < -0.4 is 0 Å². The lowest BCUT2D eigenvalue weighted by Gasteiger charge is -2.12. The van der Waals surface area contributed by atoms with E-state index in [0.29, 0.717) is 0 Å². The van der Waals surface area contributed by atoms with Gasteiger partial charge in [0.1, 0.15) is 5.76 Å². The molecule has 0 unspecified atom stereocenters. The molecular formula is C12H18O. The third-order valence-corrected chi connectivity index (χ3v) is 2.12. The molecule has 0 saturated heterocycles. The Morgan fingerprint density at radius 1 is 1.23 bits per heavy atom. The van der Waals surface area contributed by atoms with Crippen molar-refractivity contribution in [2.75, 3.05) is 6.61 Å². The van der Waals surface area contributed by atoms with Gasteiger partial charge in [0.2, 0.25) is 0 Å². The summed E-state index contributed by atoms with van der Waals surface area (Å²) in [4.78, 5) is 0. The minimum Gasteiger partial charge on any atom is -0.494 e. The van der Waals surface area contributed by atoms with Crippen LogP contribution in [-0.2, 0) is 4.74 Å². The van der Waals surface area contributed by atoms with Crippen molar-refractivity contribution in [3.63, 3.8) is 0 Å². The molecule has 0 bridgehead atoms. The van der Waals surface area contributed by atoms with Crippen molar-refractivity contribution < 1.29 is 4.74 Å². The van der Waals surface area contributed by atoms with Crippen molar-refractivity contribution in [2.24, 2.45) is 5.41 Å². The van der Waals surface area contributed by atoms with Gasteiger partial charge in [-0.15, -0.1) is 0 Å². The fourth-order valence-corrected chi connectivity index (χ4v) is 1.22. The van der Waals surface area contributed by atoms with Gasteiger partial charge in [0.15, 0.2) is 0 Å². The molecule has 13 heavy (non-hydrogen) atoms. The number of allylic oxidation sites excluding steroid dienone is 5. The minimum absolute atomic E-state index is 0.139. The maximum Gasteiger partial charge on any atom is 0.121 e. The van der Waals surface area contributed by atoms with Crippen LogP contribution in [0.5, 0.6) is 0 Å². The first-order valence-electron chi connectivity index (χ1n) is 4.77. The monoisotopic (exact) mass is 178 g/mol. The van der Waals surface area contributed by atoms with Gasteiger partial charge in [-0.05, 0) is 25.5 Å². The van der Waals surface area contributed by atoms with Crippen molar-refractivity contribution >= 4 is 0 Å². The summed E-state index contributed by atoms with van der Waals surface area (Å²) in [7, 11) is 0. The molecular weight excluding hydrogens is 160 g/mol. The van der Waals surface area contributed by atoms with Crippen LogP contribution in [0.3, 0.4) is 0 Å². The van der Waals surface area contributed by atoms with Gasteiger partial charge in [0.25, 0.3) is 0 Å². The quantitative estimate of drug-likeness (QED) is 0.629. The zero-order valence-electron chi connectivity index (χ0n) is 8.92. The van der Waals surface area contributed by atoms with Gasteiger partial charge in [0, 0.05) is 5.41 Å². The normalized spacial score (nSPS) is 20.3. The summed E-state index contributed by atoms with van der Waals surface area (Å²) in [6.07, 6.45) is 8.57. The van der Waals surface area contributed by atoms with Crippen LogP contribution >= 0.6 is 0 Å². The average Bonchev–Trinajstić information content (AvgIpc) is 2.18. The predicted octanol–water partition coefficient (Wildman–Crippen LogP) is 3.45. The molecule has 0 aromatic rings. The second-order valence-corrected chi connectivity index (χ2v) is 3.97. The Labute approximate surface area is 80.8 Å². The van der Waals surface area contributed by atoms with E-state index in [4.69, 9.17) is 4.74 Å². The fraction of sp³-hybridized carbons (Fsp3) is 0.500. The first kappa shape index (κ1) is 10.1. The number of rotatable bonds is 2. The van der Waals surface area contributed by atoms with E-state index in [-0.39, 0.29) is 5.41 Å². The molecule has 0 fully saturated rings. The Bertz CT molecular complexity index is 267. The van der Waals surface area contributed by atoms with Gasteiger partial charge >= 0.3 is 0 Å². The Kier molecular flexibility index (Phi) is 2.97. The number of hydrogen-bond acceptors (Lipinski definition) is 1. The largest absolute Gasteiger partial charge is 0.494 e. The van der Waals surface area contributed by atoms with E-state index >= 15 is 0 Å². The summed E-state index contributed by atoms with van der Waals surface area (Å²) in [6, 6.07) is 0. The van der Waals surface area contributed by atoms with Crippen molar-refractivity contribution in [2.45, 2.75) is 27.7 Å². The van der Waals surface area contributed by atoms with E-state index in [1.54, 1.807) is 0 Å². The van der Waals surface area contributed by atoms with Crippen molar-refractivity contribution in [3.05, 3.63) is 35.6 Å². The molecule has 0 aromatic heterocycles. The second kappa shape index (κ2) is 3.82. The highest BCUT2D eigenvalue weighted by Gasteiger charge is 2.12. The van der Waals surface area contributed by atoms with Crippen LogP contribution in [0.2, 0.25) is 0 Å². The van der Waals surface area contributed by atoms with E-state index in [9.17, 15) is 0 Å². The molecule has 1 aliphatic carbocycles. The van der Waals surface area contributed by atoms with E-state index < -0.39 is 0 Å². The van der Waals surface area contributed by atoms with Crippen LogP contribution in [0, 0.1) is 5.41 Å². The van der Waals surface area contributed by atoms with Crippen molar-refractivity contribution in [1.82, 2.24) is 0 Å². The molecule has 0 atom stereocenters. The lowest BCUT2D eigenvalue weighted by atomic mass is 9.93. The van der Waals surface area contributed by atoms with Crippen molar-refractivity contribution in [1.29, 1.82) is 0 Å². The molecule has 0 radical (unpaired) electrons. The first-order chi connectivity index (χ1) is 6.05. The number of ether oxygens (including phenoxy) is 1. The molecule has 0 amide bonds. The first-order valence-corrected chi connectivity index (χ1v) is 4.77. The van der Waals surface area contributed by atoms with Gasteiger partial charge in [-0.1, -0.05) is 32.1 Å². The summed E-state index contributed by atoms with van der Waals surface area (Å²) < 4.78 is 5.51. The molecule has 1 nitrogen and oxygen atoms in total. The van der Waals surface area contributed by atoms with Crippen molar-refractivity contribution in [3.8, 4) is 0 Å². The van der Waals surface area contributed by atoms with E-state index in [0.717, 1.165) is 12.4 Å². The molecule has 1 aliphatic rings. The van der Waals surface area contributed by atoms with E-state index in [2.05, 4.69) is 45.1 Å². The maximum atomic E-state index is 5.51. The van der Waals surface area contributed by atoms with Crippen LogP contribution in [0.1, 0.15) is 27.7 Å². The Hall–Kier alpha value is -0.980. The fourth-order valence-electron chi connectivity index (χ4n) is 1.22. The zero-order chi connectivity index (χ0) is 9.90. The minimum atomic E-state index is 0.139. The highest BCUT2D eigenvalue weighted by Crippen LogP contribution is 2.25. The third-order valence-electron chi connectivity index (χ3n) is 2.12. The molecule has 1 rings (SSSR count). The summed E-state index contributed by atoms with van der Waals surface area (Å²) >= 11 is 0. The SMILES string of the molecule is CCOC1=C(C)C=CC(C)(C)C=C1. The van der Waals surface area contributed by atoms with Crippen LogP contribution in [-0.4, -0.2) is 6.61 Å². The second-order valence-electron chi connectivity index (χ2n) is 3.97. The molecule has 1 heteroatoms. The lowest BCUT2D eigenvalue weighted by molar-refractivity contribution is 0.240. The Morgan fingerprint density at radius 3 is 2.46 bits per heavy atom. The van der Waals surface area contributed by atoms with Gasteiger partial charge in [-0.3, -0.25) is 0 Å². The molecule has 0 heterocycles. The summed E-state index contributed by atoms with van der Waals surface area (Å²) in [5, 5.41) is 0. The Morgan fingerprint density at radius 2 is 1.85 bits per heavy atom. The lowest BCUT2D eigenvalue weighted by Crippen LogP contribution is -2.00. The molecule has 0 saturated carbocycles. The highest BCUT2D eigenvalue weighted by molar-refractivity contribution is 5.33. The number of hydrogen-bond donors (Lipinski definition) is 0. The van der Waals surface area contributed by atoms with E-state index in [1.165, 1.54) is 5.57 Å². The predicted molar refractivity (Wildman–Crippen MR) is 56.4 cm³/mol. The van der Waals surface area contributed by atoms with Crippen LogP contribution in [0.25, 0.3) is 0 Å². The molecule has 0 spiro atoms.